The Balaban J connectivity index is 2.02. The second-order valence-corrected chi connectivity index (χ2v) is 6.77. The van der Waals surface area contributed by atoms with Crippen LogP contribution < -0.4 is 0 Å². The van der Waals surface area contributed by atoms with Crippen molar-refractivity contribution < 1.29 is 9.50 Å². The zero-order chi connectivity index (χ0) is 19.1. The van der Waals surface area contributed by atoms with Crippen LogP contribution in [0.15, 0.2) is 73.3 Å². The number of halogens is 1. The van der Waals surface area contributed by atoms with Gasteiger partial charge >= 0.3 is 0 Å². The van der Waals surface area contributed by atoms with Crippen molar-refractivity contribution in [3.8, 4) is 16.8 Å². The molecule has 0 bridgehead atoms. The molecule has 0 fully saturated rings. The number of aliphatic hydroxyl groups excluding tert-OH is 1. The number of nitrogens with zero attached hydrogens (tertiary/aromatic N) is 1. The van der Waals surface area contributed by atoms with E-state index < -0.39 is 0 Å². The van der Waals surface area contributed by atoms with Gasteiger partial charge in [-0.05, 0) is 55.3 Å². The highest BCUT2D eigenvalue weighted by atomic mass is 19.1. The van der Waals surface area contributed by atoms with Gasteiger partial charge in [-0.25, -0.2) is 4.39 Å². The summed E-state index contributed by atoms with van der Waals surface area (Å²) in [6, 6.07) is 20.5. The monoisotopic (exact) mass is 357 g/mol. The Bertz CT molecular complexity index is 1150. The standard InChI is InChI=1S/C24H20FNO/c1-15-5-4-6-22-23(15)24(19-9-7-18(8-10-19)17(3)27)16(2)26(22)21-13-11-20(25)12-14-21/h4-14,27H,3H2,1-2H3. The Hall–Kier alpha value is -3.33. The van der Waals surface area contributed by atoms with E-state index in [0.717, 1.165) is 28.0 Å². The van der Waals surface area contributed by atoms with E-state index >= 15 is 0 Å². The lowest BCUT2D eigenvalue weighted by molar-refractivity contribution is 0.514. The van der Waals surface area contributed by atoms with E-state index in [2.05, 4.69) is 37.1 Å². The van der Waals surface area contributed by atoms with Crippen LogP contribution in [0.2, 0.25) is 0 Å². The van der Waals surface area contributed by atoms with Gasteiger partial charge in [-0.15, -0.1) is 0 Å². The van der Waals surface area contributed by atoms with Crippen LogP contribution in [-0.2, 0) is 0 Å². The van der Waals surface area contributed by atoms with Crippen molar-refractivity contribution in [3.05, 3.63) is 95.9 Å². The number of aromatic nitrogens is 1. The van der Waals surface area contributed by atoms with Crippen molar-refractivity contribution in [2.45, 2.75) is 13.8 Å². The summed E-state index contributed by atoms with van der Waals surface area (Å²) in [4.78, 5) is 0. The summed E-state index contributed by atoms with van der Waals surface area (Å²) in [5, 5.41) is 10.8. The lowest BCUT2D eigenvalue weighted by atomic mass is 9.98. The first-order chi connectivity index (χ1) is 13.0. The maximum atomic E-state index is 13.4. The molecule has 0 aliphatic heterocycles. The van der Waals surface area contributed by atoms with Crippen LogP contribution >= 0.6 is 0 Å². The van der Waals surface area contributed by atoms with Crippen LogP contribution in [-0.4, -0.2) is 9.67 Å². The summed E-state index contributed by atoms with van der Waals surface area (Å²) in [6.45, 7) is 7.76. The van der Waals surface area contributed by atoms with E-state index in [0.29, 0.717) is 5.56 Å². The summed E-state index contributed by atoms with van der Waals surface area (Å²) in [6.07, 6.45) is 0. The fourth-order valence-electron chi connectivity index (χ4n) is 3.74. The van der Waals surface area contributed by atoms with Gasteiger partial charge in [-0.2, -0.15) is 0 Å². The normalized spacial score (nSPS) is 11.1. The highest BCUT2D eigenvalue weighted by Crippen LogP contribution is 2.38. The van der Waals surface area contributed by atoms with Crippen molar-refractivity contribution in [2.24, 2.45) is 0 Å². The Labute approximate surface area is 157 Å². The Morgan fingerprint density at radius 1 is 0.926 bits per heavy atom. The van der Waals surface area contributed by atoms with E-state index in [1.165, 1.54) is 23.1 Å². The number of hydrogen-bond acceptors (Lipinski definition) is 1. The van der Waals surface area contributed by atoms with Crippen LogP contribution in [0, 0.1) is 19.7 Å². The zero-order valence-electron chi connectivity index (χ0n) is 15.3. The molecule has 1 aromatic heterocycles. The molecule has 4 rings (SSSR count). The minimum atomic E-state index is -0.246. The third-order valence-corrected chi connectivity index (χ3v) is 5.03. The predicted octanol–water partition coefficient (Wildman–Crippen LogP) is 6.58. The largest absolute Gasteiger partial charge is 0.508 e. The second kappa shape index (κ2) is 6.44. The fourth-order valence-corrected chi connectivity index (χ4v) is 3.74. The SMILES string of the molecule is C=C(O)c1ccc(-c2c(C)n(-c3ccc(F)cc3)c3cccc(C)c23)cc1. The van der Waals surface area contributed by atoms with Crippen molar-refractivity contribution in [1.82, 2.24) is 4.57 Å². The van der Waals surface area contributed by atoms with E-state index in [1.54, 1.807) is 12.1 Å². The number of fused-ring (bicyclic) bond motifs is 1. The lowest BCUT2D eigenvalue weighted by Gasteiger charge is -2.09. The molecule has 0 atom stereocenters. The molecular formula is C24H20FNO. The van der Waals surface area contributed by atoms with Gasteiger partial charge in [0.05, 0.1) is 5.52 Å². The number of aryl methyl sites for hydroxylation is 1. The highest BCUT2D eigenvalue weighted by molar-refractivity contribution is 6.01. The van der Waals surface area contributed by atoms with Crippen molar-refractivity contribution in [1.29, 1.82) is 0 Å². The summed E-state index contributed by atoms with van der Waals surface area (Å²) in [5.41, 5.74) is 7.19. The minimum absolute atomic E-state index is 0.0585. The summed E-state index contributed by atoms with van der Waals surface area (Å²) >= 11 is 0. The minimum Gasteiger partial charge on any atom is -0.508 e. The van der Waals surface area contributed by atoms with Gasteiger partial charge in [0.15, 0.2) is 0 Å². The Morgan fingerprint density at radius 3 is 2.22 bits per heavy atom. The number of hydrogen-bond donors (Lipinski definition) is 1. The van der Waals surface area contributed by atoms with Crippen molar-refractivity contribution in [2.75, 3.05) is 0 Å². The maximum absolute atomic E-state index is 13.4. The Kier molecular flexibility index (Phi) is 4.08. The molecule has 0 saturated heterocycles. The molecule has 0 aliphatic rings. The topological polar surface area (TPSA) is 25.2 Å². The molecule has 2 nitrogen and oxygen atoms in total. The summed E-state index contributed by atoms with van der Waals surface area (Å²) in [5.74, 6) is -0.188. The van der Waals surface area contributed by atoms with Gasteiger partial charge in [-0.3, -0.25) is 0 Å². The van der Waals surface area contributed by atoms with E-state index in [9.17, 15) is 9.50 Å². The van der Waals surface area contributed by atoms with Crippen molar-refractivity contribution in [3.63, 3.8) is 0 Å². The van der Waals surface area contributed by atoms with Gasteiger partial charge in [0.1, 0.15) is 11.6 Å². The first-order valence-corrected chi connectivity index (χ1v) is 8.82. The average Bonchev–Trinajstić information content (AvgIpc) is 2.96. The van der Waals surface area contributed by atoms with Crippen LogP contribution in [0.25, 0.3) is 33.5 Å². The molecule has 1 N–H and O–H groups in total. The van der Waals surface area contributed by atoms with E-state index in [-0.39, 0.29) is 11.6 Å². The van der Waals surface area contributed by atoms with Gasteiger partial charge in [-0.1, -0.05) is 43.0 Å². The molecule has 1 heterocycles. The third-order valence-electron chi connectivity index (χ3n) is 5.03. The molecule has 0 amide bonds. The molecule has 0 saturated carbocycles. The molecule has 0 unspecified atom stereocenters. The summed E-state index contributed by atoms with van der Waals surface area (Å²) < 4.78 is 15.6. The fraction of sp³-hybridized carbons (Fsp3) is 0.0833. The molecule has 0 aliphatic carbocycles. The molecule has 134 valence electrons. The van der Waals surface area contributed by atoms with Gasteiger partial charge in [0.25, 0.3) is 0 Å². The second-order valence-electron chi connectivity index (χ2n) is 6.77. The van der Waals surface area contributed by atoms with Gasteiger partial charge in [0.2, 0.25) is 0 Å². The predicted molar refractivity (Wildman–Crippen MR) is 110 cm³/mol. The van der Waals surface area contributed by atoms with Crippen LogP contribution in [0.1, 0.15) is 16.8 Å². The number of aliphatic hydroxyl groups is 1. The molecule has 4 aromatic rings. The smallest absolute Gasteiger partial charge is 0.123 e. The average molecular weight is 357 g/mol. The zero-order valence-corrected chi connectivity index (χ0v) is 15.3. The van der Waals surface area contributed by atoms with E-state index in [4.69, 9.17) is 0 Å². The first-order valence-electron chi connectivity index (χ1n) is 8.82. The van der Waals surface area contributed by atoms with Gasteiger partial charge in [0, 0.05) is 27.9 Å². The molecular weight excluding hydrogens is 337 g/mol. The highest BCUT2D eigenvalue weighted by Gasteiger charge is 2.18. The van der Waals surface area contributed by atoms with Crippen molar-refractivity contribution >= 4 is 16.7 Å². The maximum Gasteiger partial charge on any atom is 0.123 e. The lowest BCUT2D eigenvalue weighted by Crippen LogP contribution is -1.96. The molecule has 0 spiro atoms. The first kappa shape index (κ1) is 17.1. The quantitative estimate of drug-likeness (QED) is 0.412. The van der Waals surface area contributed by atoms with Crippen LogP contribution in [0.5, 0.6) is 0 Å². The van der Waals surface area contributed by atoms with Crippen LogP contribution in [0.3, 0.4) is 0 Å². The van der Waals surface area contributed by atoms with E-state index in [1.807, 2.05) is 30.3 Å². The molecule has 27 heavy (non-hydrogen) atoms. The number of benzene rings is 3. The van der Waals surface area contributed by atoms with Gasteiger partial charge < -0.3 is 9.67 Å². The number of rotatable bonds is 3. The Morgan fingerprint density at radius 2 is 1.59 bits per heavy atom. The van der Waals surface area contributed by atoms with Crippen LogP contribution in [0.4, 0.5) is 4.39 Å². The molecule has 3 aromatic carbocycles. The molecule has 0 radical (unpaired) electrons. The summed E-state index contributed by atoms with van der Waals surface area (Å²) in [7, 11) is 0. The molecule has 3 heteroatoms. The third kappa shape index (κ3) is 2.81.